The van der Waals surface area contributed by atoms with Crippen molar-refractivity contribution in [3.05, 3.63) is 0 Å². The zero-order valence-electron chi connectivity index (χ0n) is 11.5. The number of nitrogens with zero attached hydrogens (tertiary/aromatic N) is 1. The van der Waals surface area contributed by atoms with Gasteiger partial charge < -0.3 is 10.0 Å². The summed E-state index contributed by atoms with van der Waals surface area (Å²) in [5, 5.41) is 8.98. The highest BCUT2D eigenvalue weighted by Gasteiger charge is 2.55. The van der Waals surface area contributed by atoms with Crippen LogP contribution >= 0.6 is 0 Å². The van der Waals surface area contributed by atoms with Gasteiger partial charge in [0.1, 0.15) is 0 Å². The summed E-state index contributed by atoms with van der Waals surface area (Å²) in [6, 6.07) is 0.306. The van der Waals surface area contributed by atoms with E-state index < -0.39 is 11.9 Å². The highest BCUT2D eigenvalue weighted by molar-refractivity contribution is 5.83. The van der Waals surface area contributed by atoms with Gasteiger partial charge in [-0.25, -0.2) is 0 Å². The Morgan fingerprint density at radius 3 is 2.44 bits per heavy atom. The molecule has 0 saturated heterocycles. The van der Waals surface area contributed by atoms with Gasteiger partial charge in [0.2, 0.25) is 5.91 Å². The van der Waals surface area contributed by atoms with Crippen molar-refractivity contribution >= 4 is 11.9 Å². The molecule has 1 amide bonds. The lowest BCUT2D eigenvalue weighted by Gasteiger charge is -2.25. The summed E-state index contributed by atoms with van der Waals surface area (Å²) in [6.07, 6.45) is 4.06. The highest BCUT2D eigenvalue weighted by Crippen LogP contribution is 2.56. The Kier molecular flexibility index (Phi) is 3.39. The first-order chi connectivity index (χ1) is 8.39. The predicted molar refractivity (Wildman–Crippen MR) is 68.0 cm³/mol. The molecule has 0 aromatic rings. The zero-order valence-corrected chi connectivity index (χ0v) is 11.5. The Bertz CT molecular complexity index is 364. The van der Waals surface area contributed by atoms with E-state index in [2.05, 4.69) is 13.8 Å². The molecule has 0 spiro atoms. The van der Waals surface area contributed by atoms with E-state index in [1.165, 1.54) is 0 Å². The number of rotatable bonds is 6. The Hall–Kier alpha value is -1.06. The molecule has 0 aliphatic heterocycles. The average Bonchev–Trinajstić information content (AvgIpc) is 3.20. The van der Waals surface area contributed by atoms with Crippen LogP contribution in [0.1, 0.15) is 46.5 Å². The number of carboxylic acids is 1. The molecule has 0 aromatic heterocycles. The summed E-state index contributed by atoms with van der Waals surface area (Å²) in [6.45, 7) is 6.32. The number of aliphatic carboxylic acids is 1. The smallest absolute Gasteiger partial charge is 0.308 e. The molecule has 102 valence electrons. The van der Waals surface area contributed by atoms with Crippen LogP contribution in [0.5, 0.6) is 0 Å². The van der Waals surface area contributed by atoms with Crippen LogP contribution < -0.4 is 0 Å². The number of hydrogen-bond acceptors (Lipinski definition) is 2. The standard InChI is InChI=1S/C14H23NO3/c1-4-14(3)7-11(14)12(16)15(10-5-6-10)8-9(2)13(17)18/h9-11H,4-8H2,1-3H3,(H,17,18). The van der Waals surface area contributed by atoms with Crippen molar-refractivity contribution in [2.45, 2.75) is 52.5 Å². The van der Waals surface area contributed by atoms with Gasteiger partial charge in [-0.15, -0.1) is 0 Å². The van der Waals surface area contributed by atoms with Crippen molar-refractivity contribution in [1.29, 1.82) is 0 Å². The molecule has 2 fully saturated rings. The summed E-state index contributed by atoms with van der Waals surface area (Å²) in [5.41, 5.74) is 0.163. The van der Waals surface area contributed by atoms with Gasteiger partial charge in [0.15, 0.2) is 0 Å². The largest absolute Gasteiger partial charge is 0.481 e. The Morgan fingerprint density at radius 2 is 2.06 bits per heavy atom. The van der Waals surface area contributed by atoms with E-state index in [9.17, 15) is 9.59 Å². The second-order valence-corrected chi connectivity index (χ2v) is 6.23. The van der Waals surface area contributed by atoms with E-state index in [0.29, 0.717) is 12.6 Å². The van der Waals surface area contributed by atoms with Gasteiger partial charge in [-0.05, 0) is 31.1 Å². The van der Waals surface area contributed by atoms with Gasteiger partial charge in [-0.1, -0.05) is 20.8 Å². The van der Waals surface area contributed by atoms with Crippen LogP contribution in [-0.4, -0.2) is 34.5 Å². The Balaban J connectivity index is 1.98. The summed E-state index contributed by atoms with van der Waals surface area (Å²) >= 11 is 0. The van der Waals surface area contributed by atoms with Crippen molar-refractivity contribution in [3.63, 3.8) is 0 Å². The second kappa shape index (κ2) is 4.56. The van der Waals surface area contributed by atoms with Crippen LogP contribution in [0.15, 0.2) is 0 Å². The lowest BCUT2D eigenvalue weighted by molar-refractivity contribution is -0.143. The molecule has 1 N–H and O–H groups in total. The lowest BCUT2D eigenvalue weighted by atomic mass is 10.0. The normalized spacial score (nSPS) is 31.8. The van der Waals surface area contributed by atoms with Crippen molar-refractivity contribution in [2.24, 2.45) is 17.3 Å². The number of amides is 1. The molecule has 0 bridgehead atoms. The van der Waals surface area contributed by atoms with Crippen LogP contribution in [0.3, 0.4) is 0 Å². The minimum atomic E-state index is -0.817. The molecule has 0 heterocycles. The minimum absolute atomic E-state index is 0.129. The second-order valence-electron chi connectivity index (χ2n) is 6.23. The maximum atomic E-state index is 12.5. The van der Waals surface area contributed by atoms with Gasteiger partial charge in [0, 0.05) is 18.5 Å². The molecule has 2 saturated carbocycles. The van der Waals surface area contributed by atoms with Crippen LogP contribution in [0.2, 0.25) is 0 Å². The van der Waals surface area contributed by atoms with Crippen LogP contribution in [0, 0.1) is 17.3 Å². The molecule has 18 heavy (non-hydrogen) atoms. The molecule has 3 atom stereocenters. The van der Waals surface area contributed by atoms with Crippen LogP contribution in [0.25, 0.3) is 0 Å². The molecule has 2 aliphatic rings. The fourth-order valence-corrected chi connectivity index (χ4v) is 2.56. The maximum Gasteiger partial charge on any atom is 0.308 e. The maximum absolute atomic E-state index is 12.5. The molecule has 4 nitrogen and oxygen atoms in total. The van der Waals surface area contributed by atoms with Gasteiger partial charge in [-0.2, -0.15) is 0 Å². The van der Waals surface area contributed by atoms with E-state index in [1.807, 2.05) is 4.90 Å². The topological polar surface area (TPSA) is 57.6 Å². The molecule has 0 aromatic carbocycles. The van der Waals surface area contributed by atoms with E-state index in [1.54, 1.807) is 6.92 Å². The van der Waals surface area contributed by atoms with Crippen LogP contribution in [0.4, 0.5) is 0 Å². The zero-order chi connectivity index (χ0) is 13.5. The first-order valence-electron chi connectivity index (χ1n) is 6.92. The van der Waals surface area contributed by atoms with Gasteiger partial charge in [0.25, 0.3) is 0 Å². The van der Waals surface area contributed by atoms with Crippen molar-refractivity contribution in [1.82, 2.24) is 4.90 Å². The van der Waals surface area contributed by atoms with Gasteiger partial charge >= 0.3 is 5.97 Å². The predicted octanol–water partition coefficient (Wildman–Crippen LogP) is 2.13. The third-order valence-electron chi connectivity index (χ3n) is 4.62. The van der Waals surface area contributed by atoms with Crippen molar-refractivity contribution in [3.8, 4) is 0 Å². The molecular formula is C14H23NO3. The number of hydrogen-bond donors (Lipinski definition) is 1. The van der Waals surface area contributed by atoms with Crippen LogP contribution in [-0.2, 0) is 9.59 Å². The Morgan fingerprint density at radius 1 is 1.44 bits per heavy atom. The fraction of sp³-hybridized carbons (Fsp3) is 0.857. The van der Waals surface area contributed by atoms with Crippen molar-refractivity contribution < 1.29 is 14.7 Å². The third-order valence-corrected chi connectivity index (χ3v) is 4.62. The van der Waals surface area contributed by atoms with Crippen molar-refractivity contribution in [2.75, 3.05) is 6.54 Å². The third kappa shape index (κ3) is 2.52. The van der Waals surface area contributed by atoms with Gasteiger partial charge in [0.05, 0.1) is 5.92 Å². The average molecular weight is 253 g/mol. The summed E-state index contributed by atoms with van der Waals surface area (Å²) < 4.78 is 0. The molecule has 2 rings (SSSR count). The van der Waals surface area contributed by atoms with E-state index in [-0.39, 0.29) is 17.2 Å². The fourth-order valence-electron chi connectivity index (χ4n) is 2.56. The number of carbonyl (C=O) groups excluding carboxylic acids is 1. The molecule has 3 unspecified atom stereocenters. The van der Waals surface area contributed by atoms with E-state index >= 15 is 0 Å². The summed E-state index contributed by atoms with van der Waals surface area (Å²) in [4.78, 5) is 25.2. The molecular weight excluding hydrogens is 230 g/mol. The monoisotopic (exact) mass is 253 g/mol. The lowest BCUT2D eigenvalue weighted by Crippen LogP contribution is -2.40. The highest BCUT2D eigenvalue weighted by atomic mass is 16.4. The quantitative estimate of drug-likeness (QED) is 0.789. The number of carboxylic acid groups (broad SMARTS) is 1. The van der Waals surface area contributed by atoms with E-state index in [0.717, 1.165) is 25.7 Å². The van der Waals surface area contributed by atoms with E-state index in [4.69, 9.17) is 5.11 Å². The Labute approximate surface area is 108 Å². The SMILES string of the molecule is CCC1(C)CC1C(=O)N(CC(C)C(=O)O)C1CC1. The number of carbonyl (C=O) groups is 2. The minimum Gasteiger partial charge on any atom is -0.481 e. The molecule has 4 heteroatoms. The first-order valence-corrected chi connectivity index (χ1v) is 6.92. The molecule has 2 aliphatic carbocycles. The summed E-state index contributed by atoms with van der Waals surface area (Å²) in [5.74, 6) is -0.970. The van der Waals surface area contributed by atoms with Gasteiger partial charge in [-0.3, -0.25) is 9.59 Å². The molecule has 0 radical (unpaired) electrons. The first kappa shape index (κ1) is 13.4. The summed E-state index contributed by atoms with van der Waals surface area (Å²) in [7, 11) is 0.